The second-order valence-corrected chi connectivity index (χ2v) is 4.79. The Morgan fingerprint density at radius 2 is 1.65 bits per heavy atom. The fourth-order valence-corrected chi connectivity index (χ4v) is 2.17. The zero-order valence-corrected chi connectivity index (χ0v) is 10.4. The molecule has 2 aromatic rings. The molecule has 8 heteroatoms. The minimum absolute atomic E-state index is 0.0142. The van der Waals surface area contributed by atoms with Crippen molar-refractivity contribution in [1.29, 1.82) is 0 Å². The Bertz CT molecular complexity index is 598. The number of benzene rings is 1. The van der Waals surface area contributed by atoms with Crippen molar-refractivity contribution in [1.82, 2.24) is 0 Å². The number of furan rings is 1. The second-order valence-electron chi connectivity index (χ2n) is 3.75. The fraction of sp³-hybridized carbons (Fsp3) is 0.167. The zero-order valence-electron chi connectivity index (χ0n) is 9.55. The summed E-state index contributed by atoms with van der Waals surface area (Å²) in [5.74, 6) is 0. The molecule has 1 heterocycles. The predicted molar refractivity (Wildman–Crippen MR) is 61.1 cm³/mol. The molecule has 0 unspecified atom stereocenters. The smallest absolute Gasteiger partial charge is 0.449 e. The maximum atomic E-state index is 12.6. The number of halogens is 6. The molecule has 0 spiro atoms. The largest absolute Gasteiger partial charge is 0.457 e. The molecule has 0 saturated heterocycles. The van der Waals surface area contributed by atoms with Crippen molar-refractivity contribution in [3.63, 3.8) is 0 Å². The Labute approximate surface area is 113 Å². The Hall–Kier alpha value is -1.57. The van der Waals surface area contributed by atoms with Crippen molar-refractivity contribution >= 4 is 11.8 Å². The van der Waals surface area contributed by atoms with Crippen LogP contribution in [-0.2, 0) is 6.18 Å². The first kappa shape index (κ1) is 14.8. The average molecular weight is 312 g/mol. The van der Waals surface area contributed by atoms with E-state index in [0.717, 1.165) is 24.5 Å². The highest BCUT2D eigenvalue weighted by atomic mass is 32.2. The van der Waals surface area contributed by atoms with Crippen LogP contribution in [0.5, 0.6) is 0 Å². The van der Waals surface area contributed by atoms with Gasteiger partial charge in [-0.3, -0.25) is 0 Å². The molecule has 0 bridgehead atoms. The Kier molecular flexibility index (Phi) is 3.77. The molecule has 0 aliphatic heterocycles. The minimum Gasteiger partial charge on any atom is -0.457 e. The minimum atomic E-state index is -4.58. The van der Waals surface area contributed by atoms with Gasteiger partial charge in [-0.2, -0.15) is 26.3 Å². The van der Waals surface area contributed by atoms with Gasteiger partial charge in [0, 0.05) is 17.3 Å². The van der Waals surface area contributed by atoms with Crippen LogP contribution in [0.1, 0.15) is 5.56 Å². The molecule has 0 N–H and O–H groups in total. The van der Waals surface area contributed by atoms with E-state index in [1.807, 2.05) is 0 Å². The van der Waals surface area contributed by atoms with E-state index in [4.69, 9.17) is 0 Å². The summed E-state index contributed by atoms with van der Waals surface area (Å²) in [5.41, 5.74) is -5.52. The highest BCUT2D eigenvalue weighted by molar-refractivity contribution is 8.00. The first-order valence-corrected chi connectivity index (χ1v) is 5.99. The number of thioether (sulfide) groups is 1. The van der Waals surface area contributed by atoms with Crippen molar-refractivity contribution in [3.8, 4) is 11.1 Å². The SMILES string of the molecule is FC(F)(F)Sc1occc1-c1cccc(C(F)(F)F)c1. The molecule has 0 saturated carbocycles. The Balaban J connectivity index is 2.40. The standard InChI is InChI=1S/C12H6F6OS/c13-11(14,15)8-3-1-2-7(6-8)9-4-5-19-10(9)20-12(16,17)18/h1-6H. The topological polar surface area (TPSA) is 13.1 Å². The van der Waals surface area contributed by atoms with Crippen molar-refractivity contribution < 1.29 is 30.8 Å². The normalized spacial score (nSPS) is 12.7. The van der Waals surface area contributed by atoms with Gasteiger partial charge < -0.3 is 4.42 Å². The van der Waals surface area contributed by atoms with Crippen molar-refractivity contribution in [2.75, 3.05) is 0 Å². The van der Waals surface area contributed by atoms with Crippen molar-refractivity contribution in [2.45, 2.75) is 16.8 Å². The molecule has 2 rings (SSSR count). The summed E-state index contributed by atoms with van der Waals surface area (Å²) in [6.45, 7) is 0. The van der Waals surface area contributed by atoms with Gasteiger partial charge in [-0.05, 0) is 23.8 Å². The van der Waals surface area contributed by atoms with Crippen LogP contribution in [0.25, 0.3) is 11.1 Å². The van der Waals surface area contributed by atoms with Crippen LogP contribution in [0.4, 0.5) is 26.3 Å². The second kappa shape index (κ2) is 5.08. The monoisotopic (exact) mass is 312 g/mol. The van der Waals surface area contributed by atoms with E-state index in [-0.39, 0.29) is 11.1 Å². The van der Waals surface area contributed by atoms with Gasteiger partial charge in [0.2, 0.25) is 0 Å². The Morgan fingerprint density at radius 3 is 2.25 bits per heavy atom. The van der Waals surface area contributed by atoms with Crippen LogP contribution >= 0.6 is 11.8 Å². The van der Waals surface area contributed by atoms with E-state index < -0.39 is 34.1 Å². The van der Waals surface area contributed by atoms with Gasteiger partial charge in [0.05, 0.1) is 11.8 Å². The molecule has 0 amide bonds. The van der Waals surface area contributed by atoms with Gasteiger partial charge in [0.1, 0.15) is 0 Å². The molecule has 0 aliphatic carbocycles. The number of hydrogen-bond donors (Lipinski definition) is 0. The van der Waals surface area contributed by atoms with Crippen LogP contribution in [0.2, 0.25) is 0 Å². The zero-order chi connectivity index (χ0) is 15.0. The highest BCUT2D eigenvalue weighted by Crippen LogP contribution is 2.43. The first-order valence-electron chi connectivity index (χ1n) is 5.18. The Morgan fingerprint density at radius 1 is 0.950 bits per heavy atom. The van der Waals surface area contributed by atoms with Crippen LogP contribution in [0, 0.1) is 0 Å². The molecule has 20 heavy (non-hydrogen) atoms. The number of alkyl halides is 6. The molecule has 1 aromatic carbocycles. The van der Waals surface area contributed by atoms with Crippen LogP contribution in [-0.4, -0.2) is 5.51 Å². The van der Waals surface area contributed by atoms with Crippen LogP contribution in [0.3, 0.4) is 0 Å². The van der Waals surface area contributed by atoms with Gasteiger partial charge in [-0.1, -0.05) is 12.1 Å². The summed E-state index contributed by atoms with van der Waals surface area (Å²) < 4.78 is 79.3. The predicted octanol–water partition coefficient (Wildman–Crippen LogP) is 5.58. The van der Waals surface area contributed by atoms with Gasteiger partial charge in [-0.15, -0.1) is 0 Å². The molecular weight excluding hydrogens is 306 g/mol. The lowest BCUT2D eigenvalue weighted by Gasteiger charge is -2.09. The number of rotatable bonds is 2. The van der Waals surface area contributed by atoms with E-state index in [1.165, 1.54) is 12.1 Å². The van der Waals surface area contributed by atoms with E-state index in [2.05, 4.69) is 4.42 Å². The van der Waals surface area contributed by atoms with E-state index in [1.54, 1.807) is 0 Å². The van der Waals surface area contributed by atoms with E-state index in [9.17, 15) is 26.3 Å². The third-order valence-corrected chi connectivity index (χ3v) is 3.07. The molecule has 0 fully saturated rings. The lowest BCUT2D eigenvalue weighted by molar-refractivity contribution is -0.137. The van der Waals surface area contributed by atoms with E-state index in [0.29, 0.717) is 0 Å². The molecule has 0 radical (unpaired) electrons. The summed E-state index contributed by atoms with van der Waals surface area (Å²) in [6, 6.07) is 5.25. The maximum absolute atomic E-state index is 12.6. The molecule has 1 nitrogen and oxygen atoms in total. The lowest BCUT2D eigenvalue weighted by atomic mass is 10.1. The molecule has 108 valence electrons. The van der Waals surface area contributed by atoms with Gasteiger partial charge in [0.25, 0.3) is 0 Å². The summed E-state index contributed by atoms with van der Waals surface area (Å²) in [6.07, 6.45) is -3.55. The fourth-order valence-electron chi connectivity index (χ4n) is 1.56. The van der Waals surface area contributed by atoms with Gasteiger partial charge in [-0.25, -0.2) is 0 Å². The summed E-state index contributed by atoms with van der Waals surface area (Å²) in [4.78, 5) is 0. The summed E-state index contributed by atoms with van der Waals surface area (Å²) in [7, 11) is 0. The summed E-state index contributed by atoms with van der Waals surface area (Å²) >= 11 is -0.506. The van der Waals surface area contributed by atoms with Crippen molar-refractivity contribution in [2.24, 2.45) is 0 Å². The molecule has 1 aromatic heterocycles. The molecule has 0 atom stereocenters. The summed E-state index contributed by atoms with van der Waals surface area (Å²) in [5, 5.41) is -0.489. The van der Waals surface area contributed by atoms with E-state index >= 15 is 0 Å². The van der Waals surface area contributed by atoms with Crippen molar-refractivity contribution in [3.05, 3.63) is 42.2 Å². The average Bonchev–Trinajstić information content (AvgIpc) is 2.73. The third-order valence-electron chi connectivity index (χ3n) is 2.34. The van der Waals surface area contributed by atoms with Gasteiger partial charge in [0.15, 0.2) is 5.09 Å². The van der Waals surface area contributed by atoms with Crippen LogP contribution in [0.15, 0.2) is 46.1 Å². The number of hydrogen-bond acceptors (Lipinski definition) is 2. The van der Waals surface area contributed by atoms with Crippen LogP contribution < -0.4 is 0 Å². The maximum Gasteiger partial charge on any atom is 0.449 e. The first-order chi connectivity index (χ1) is 9.17. The lowest BCUT2D eigenvalue weighted by Crippen LogP contribution is -2.04. The molecule has 0 aliphatic rings. The molecular formula is C12H6F6OS. The van der Waals surface area contributed by atoms with Gasteiger partial charge >= 0.3 is 11.7 Å². The third kappa shape index (κ3) is 3.50. The quantitative estimate of drug-likeness (QED) is 0.530. The highest BCUT2D eigenvalue weighted by Gasteiger charge is 2.34.